The van der Waals surface area contributed by atoms with E-state index in [9.17, 15) is 10.1 Å². The van der Waals surface area contributed by atoms with Crippen molar-refractivity contribution in [3.63, 3.8) is 0 Å². The lowest BCUT2D eigenvalue weighted by atomic mass is 9.89. The Bertz CT molecular complexity index is 301. The van der Waals surface area contributed by atoms with Gasteiger partial charge in [-0.25, -0.2) is 0 Å². The summed E-state index contributed by atoms with van der Waals surface area (Å²) in [4.78, 5) is 13.8. The maximum atomic E-state index is 11.7. The van der Waals surface area contributed by atoms with Crippen molar-refractivity contribution in [2.75, 3.05) is 26.7 Å². The highest BCUT2D eigenvalue weighted by Gasteiger charge is 2.35. The van der Waals surface area contributed by atoms with Crippen molar-refractivity contribution in [2.24, 2.45) is 0 Å². The summed E-state index contributed by atoms with van der Waals surface area (Å²) < 4.78 is 5.22. The van der Waals surface area contributed by atoms with Crippen LogP contribution in [0.5, 0.6) is 0 Å². The van der Waals surface area contributed by atoms with Crippen LogP contribution in [0.25, 0.3) is 0 Å². The molecule has 1 aliphatic rings. The molecule has 96 valence electrons. The summed E-state index contributed by atoms with van der Waals surface area (Å²) in [7, 11) is 2.02. The number of carbonyl (C=O) groups is 1. The lowest BCUT2D eigenvalue weighted by molar-refractivity contribution is -0.128. The Labute approximate surface area is 103 Å². The maximum absolute atomic E-state index is 11.7. The molecule has 1 N–H and O–H groups in total. The van der Waals surface area contributed by atoms with Crippen LogP contribution in [0.4, 0.5) is 0 Å². The van der Waals surface area contributed by atoms with Crippen molar-refractivity contribution < 1.29 is 9.53 Å². The third kappa shape index (κ3) is 4.33. The molecular weight excluding hydrogens is 218 g/mol. The third-order valence-corrected chi connectivity index (χ3v) is 2.98. The smallest absolute Gasteiger partial charge is 0.247 e. The predicted molar refractivity (Wildman–Crippen MR) is 64.3 cm³/mol. The second-order valence-electron chi connectivity index (χ2n) is 4.91. The molecule has 17 heavy (non-hydrogen) atoms. The van der Waals surface area contributed by atoms with Crippen molar-refractivity contribution >= 4 is 5.91 Å². The summed E-state index contributed by atoms with van der Waals surface area (Å²) in [6, 6.07) is 2.24. The molecule has 0 spiro atoms. The first kappa shape index (κ1) is 13.9. The van der Waals surface area contributed by atoms with E-state index >= 15 is 0 Å². The van der Waals surface area contributed by atoms with E-state index < -0.39 is 5.54 Å². The van der Waals surface area contributed by atoms with Crippen molar-refractivity contribution in [1.82, 2.24) is 10.2 Å². The lowest BCUT2D eigenvalue weighted by Crippen LogP contribution is -2.54. The number of nitriles is 1. The van der Waals surface area contributed by atoms with Crippen molar-refractivity contribution in [3.05, 3.63) is 0 Å². The van der Waals surface area contributed by atoms with Crippen molar-refractivity contribution in [1.29, 1.82) is 5.26 Å². The van der Waals surface area contributed by atoms with Gasteiger partial charge in [0.05, 0.1) is 12.2 Å². The van der Waals surface area contributed by atoms with E-state index in [1.807, 2.05) is 20.9 Å². The molecule has 1 amide bonds. The van der Waals surface area contributed by atoms with Crippen molar-refractivity contribution in [2.45, 2.75) is 38.3 Å². The number of likely N-dealkylation sites (tertiary alicyclic amines) is 1. The number of hydrogen-bond acceptors (Lipinski definition) is 4. The van der Waals surface area contributed by atoms with Crippen LogP contribution in [0.1, 0.15) is 26.7 Å². The highest BCUT2D eigenvalue weighted by Crippen LogP contribution is 2.20. The normalized spacial score (nSPS) is 19.9. The van der Waals surface area contributed by atoms with Gasteiger partial charge in [0.2, 0.25) is 5.91 Å². The molecule has 5 nitrogen and oxygen atoms in total. The van der Waals surface area contributed by atoms with Gasteiger partial charge in [0, 0.05) is 13.1 Å². The van der Waals surface area contributed by atoms with Crippen LogP contribution in [0.3, 0.4) is 0 Å². The van der Waals surface area contributed by atoms with E-state index in [4.69, 9.17) is 4.74 Å². The molecule has 1 aliphatic heterocycles. The Balaban J connectivity index is 2.47. The van der Waals surface area contributed by atoms with E-state index in [0.717, 1.165) is 13.1 Å². The molecular formula is C12H21N3O2. The van der Waals surface area contributed by atoms with Gasteiger partial charge in [-0.3, -0.25) is 4.79 Å². The van der Waals surface area contributed by atoms with E-state index in [2.05, 4.69) is 16.3 Å². The Morgan fingerprint density at radius 1 is 1.53 bits per heavy atom. The van der Waals surface area contributed by atoms with E-state index in [0.29, 0.717) is 12.8 Å². The number of piperidine rings is 1. The molecule has 1 saturated heterocycles. The Morgan fingerprint density at radius 2 is 2.12 bits per heavy atom. The molecule has 1 heterocycles. The Kier molecular flexibility index (Phi) is 4.91. The van der Waals surface area contributed by atoms with Gasteiger partial charge in [0.15, 0.2) is 0 Å². The molecule has 0 atom stereocenters. The second kappa shape index (κ2) is 5.99. The molecule has 1 fully saturated rings. The van der Waals surface area contributed by atoms with E-state index in [-0.39, 0.29) is 18.6 Å². The molecule has 0 aromatic carbocycles. The molecule has 5 heteroatoms. The average Bonchev–Trinajstić information content (AvgIpc) is 2.30. The number of nitrogens with one attached hydrogen (secondary N) is 1. The number of hydrogen-bond donors (Lipinski definition) is 1. The number of amides is 1. The van der Waals surface area contributed by atoms with Crippen molar-refractivity contribution in [3.8, 4) is 6.07 Å². The summed E-state index contributed by atoms with van der Waals surface area (Å²) in [6.45, 7) is 5.44. The predicted octanol–water partition coefficient (Wildman–Crippen LogP) is 0.516. The minimum Gasteiger partial charge on any atom is -0.369 e. The van der Waals surface area contributed by atoms with E-state index in [1.54, 1.807) is 0 Å². The third-order valence-electron chi connectivity index (χ3n) is 2.98. The second-order valence-corrected chi connectivity index (χ2v) is 4.91. The number of ether oxygens (including phenoxy) is 1. The first-order chi connectivity index (χ1) is 7.97. The summed E-state index contributed by atoms with van der Waals surface area (Å²) in [6.07, 6.45) is 1.37. The fourth-order valence-electron chi connectivity index (χ4n) is 1.81. The molecule has 0 aliphatic carbocycles. The molecule has 0 saturated carbocycles. The van der Waals surface area contributed by atoms with Gasteiger partial charge in [-0.15, -0.1) is 0 Å². The molecule has 0 bridgehead atoms. The summed E-state index contributed by atoms with van der Waals surface area (Å²) in [5.41, 5.74) is -0.704. The molecule has 0 unspecified atom stereocenters. The van der Waals surface area contributed by atoms with Crippen LogP contribution in [-0.2, 0) is 9.53 Å². The van der Waals surface area contributed by atoms with Gasteiger partial charge >= 0.3 is 0 Å². The van der Waals surface area contributed by atoms with Gasteiger partial charge in [-0.05, 0) is 33.7 Å². The first-order valence-corrected chi connectivity index (χ1v) is 6.00. The zero-order valence-electron chi connectivity index (χ0n) is 10.8. The SMILES string of the molecule is CC(C)OCC(=O)NC1(C#N)CCN(C)CC1. The average molecular weight is 239 g/mol. The van der Waals surface area contributed by atoms with E-state index in [1.165, 1.54) is 0 Å². The van der Waals surface area contributed by atoms with Crippen LogP contribution >= 0.6 is 0 Å². The summed E-state index contributed by atoms with van der Waals surface area (Å²) >= 11 is 0. The number of nitrogens with zero attached hydrogens (tertiary/aromatic N) is 2. The minimum atomic E-state index is -0.704. The highest BCUT2D eigenvalue weighted by atomic mass is 16.5. The zero-order chi connectivity index (χ0) is 12.9. The van der Waals surface area contributed by atoms with Gasteiger partial charge in [-0.2, -0.15) is 5.26 Å². The summed E-state index contributed by atoms with van der Waals surface area (Å²) in [5.74, 6) is -0.204. The van der Waals surface area contributed by atoms with Gasteiger partial charge in [0.25, 0.3) is 0 Å². The van der Waals surface area contributed by atoms with Crippen LogP contribution in [0.2, 0.25) is 0 Å². The quantitative estimate of drug-likeness (QED) is 0.776. The zero-order valence-corrected chi connectivity index (χ0v) is 10.8. The highest BCUT2D eigenvalue weighted by molar-refractivity contribution is 5.78. The largest absolute Gasteiger partial charge is 0.369 e. The van der Waals surface area contributed by atoms with Crippen LogP contribution in [0, 0.1) is 11.3 Å². The van der Waals surface area contributed by atoms with Crippen LogP contribution < -0.4 is 5.32 Å². The minimum absolute atomic E-state index is 0.0243. The standard InChI is InChI=1S/C12H21N3O2/c1-10(2)17-8-11(16)14-12(9-13)4-6-15(3)7-5-12/h10H,4-8H2,1-3H3,(H,14,16). The maximum Gasteiger partial charge on any atom is 0.247 e. The Morgan fingerprint density at radius 3 is 2.59 bits per heavy atom. The monoisotopic (exact) mass is 239 g/mol. The molecule has 0 radical (unpaired) electrons. The first-order valence-electron chi connectivity index (χ1n) is 6.00. The number of rotatable bonds is 4. The van der Waals surface area contributed by atoms with Gasteiger partial charge < -0.3 is 15.0 Å². The molecule has 0 aromatic heterocycles. The Hall–Kier alpha value is -1.12. The lowest BCUT2D eigenvalue weighted by Gasteiger charge is -2.36. The fraction of sp³-hybridized carbons (Fsp3) is 0.833. The topological polar surface area (TPSA) is 65.4 Å². The van der Waals surface area contributed by atoms with Gasteiger partial charge in [-0.1, -0.05) is 0 Å². The fourth-order valence-corrected chi connectivity index (χ4v) is 1.81. The van der Waals surface area contributed by atoms with Gasteiger partial charge in [0.1, 0.15) is 12.1 Å². The molecule has 0 aromatic rings. The van der Waals surface area contributed by atoms with Crippen LogP contribution in [0.15, 0.2) is 0 Å². The summed E-state index contributed by atoms with van der Waals surface area (Å²) in [5, 5.41) is 12.0. The number of carbonyl (C=O) groups excluding carboxylic acids is 1. The van der Waals surface area contributed by atoms with Crippen LogP contribution in [-0.4, -0.2) is 49.2 Å². The molecule has 1 rings (SSSR count).